The quantitative estimate of drug-likeness (QED) is 0.835. The molecule has 2 nitrogen and oxygen atoms in total. The molecule has 2 aromatic rings. The lowest BCUT2D eigenvalue weighted by molar-refractivity contribution is 0.242. The third-order valence-corrected chi connectivity index (χ3v) is 4.98. The Bertz CT molecular complexity index is 590. The number of nitrogens with zero attached hydrogens (tertiary/aromatic N) is 1. The molecule has 0 spiro atoms. The molecule has 0 aliphatic heterocycles. The fourth-order valence-corrected chi connectivity index (χ4v) is 3.51. The number of hydrogen-bond acceptors (Lipinski definition) is 3. The van der Waals surface area contributed by atoms with Gasteiger partial charge < -0.3 is 5.73 Å². The predicted molar refractivity (Wildman–Crippen MR) is 86.7 cm³/mol. The zero-order valence-electron chi connectivity index (χ0n) is 10.9. The molecule has 0 aliphatic carbocycles. The second-order valence-corrected chi connectivity index (χ2v) is 7.30. The average molecular weight is 378 g/mol. The van der Waals surface area contributed by atoms with Crippen LogP contribution in [0.3, 0.4) is 0 Å². The monoisotopic (exact) mass is 376 g/mol. The van der Waals surface area contributed by atoms with E-state index >= 15 is 0 Å². The summed E-state index contributed by atoms with van der Waals surface area (Å²) >= 11 is 11.0. The molecule has 1 aromatic heterocycles. The highest BCUT2D eigenvalue weighted by Crippen LogP contribution is 2.27. The number of halogens is 3. The van der Waals surface area contributed by atoms with Gasteiger partial charge in [-0.25, -0.2) is 4.39 Å². The Morgan fingerprint density at radius 2 is 2.20 bits per heavy atom. The maximum absolute atomic E-state index is 13.2. The van der Waals surface area contributed by atoms with Crippen LogP contribution >= 0.6 is 38.9 Å². The second-order valence-electron chi connectivity index (χ2n) is 4.60. The van der Waals surface area contributed by atoms with Crippen molar-refractivity contribution in [3.8, 4) is 0 Å². The van der Waals surface area contributed by atoms with Gasteiger partial charge in [-0.1, -0.05) is 17.7 Å². The Morgan fingerprint density at radius 1 is 1.45 bits per heavy atom. The third kappa shape index (κ3) is 3.80. The zero-order chi connectivity index (χ0) is 14.7. The van der Waals surface area contributed by atoms with Gasteiger partial charge in [-0.05, 0) is 57.7 Å². The summed E-state index contributed by atoms with van der Waals surface area (Å²) in [4.78, 5) is 2.14. The first kappa shape index (κ1) is 15.9. The van der Waals surface area contributed by atoms with Crippen molar-refractivity contribution in [3.05, 3.63) is 55.4 Å². The highest BCUT2D eigenvalue weighted by Gasteiger charge is 2.17. The molecule has 20 heavy (non-hydrogen) atoms. The van der Waals surface area contributed by atoms with Crippen LogP contribution in [0.25, 0.3) is 0 Å². The van der Waals surface area contributed by atoms with Crippen LogP contribution in [0.1, 0.15) is 17.2 Å². The molecule has 0 radical (unpaired) electrons. The van der Waals surface area contributed by atoms with Crippen LogP contribution in [0.15, 0.2) is 33.4 Å². The van der Waals surface area contributed by atoms with Crippen molar-refractivity contribution < 1.29 is 4.39 Å². The average Bonchev–Trinajstić information content (AvgIpc) is 2.80. The fraction of sp³-hybridized carbons (Fsp3) is 0.286. The van der Waals surface area contributed by atoms with Gasteiger partial charge in [-0.15, -0.1) is 11.3 Å². The van der Waals surface area contributed by atoms with Crippen molar-refractivity contribution in [3.63, 3.8) is 0 Å². The lowest BCUT2D eigenvalue weighted by atomic mass is 10.1. The Labute approximate surface area is 135 Å². The summed E-state index contributed by atoms with van der Waals surface area (Å²) in [6.45, 7) is 1.22. The first-order valence-electron chi connectivity index (χ1n) is 6.09. The molecular weight excluding hydrogens is 363 g/mol. The summed E-state index contributed by atoms with van der Waals surface area (Å²) in [6.07, 6.45) is 0. The molecule has 0 fully saturated rings. The molecule has 1 atom stereocenters. The standard InChI is InChI=1S/C14H15BrClFN2S/c1-19(7-9-4-14(15)20-8-9)13(6-18)10-2-3-12(17)11(16)5-10/h2-5,8,13H,6-7,18H2,1H3. The maximum atomic E-state index is 13.2. The summed E-state index contributed by atoms with van der Waals surface area (Å²) in [7, 11) is 2.00. The van der Waals surface area contributed by atoms with Crippen LogP contribution in [0.5, 0.6) is 0 Å². The number of benzene rings is 1. The van der Waals surface area contributed by atoms with Gasteiger partial charge in [0.05, 0.1) is 8.81 Å². The molecule has 2 rings (SSSR count). The number of nitrogens with two attached hydrogens (primary N) is 1. The molecule has 0 saturated carbocycles. The molecular formula is C14H15BrClFN2S. The SMILES string of the molecule is CN(Cc1csc(Br)c1)C(CN)c1ccc(F)c(Cl)c1. The molecule has 2 N–H and O–H groups in total. The molecule has 108 valence electrons. The molecule has 1 aromatic carbocycles. The highest BCUT2D eigenvalue weighted by molar-refractivity contribution is 9.11. The normalized spacial score (nSPS) is 12.9. The topological polar surface area (TPSA) is 29.3 Å². The van der Waals surface area contributed by atoms with E-state index in [9.17, 15) is 4.39 Å². The van der Waals surface area contributed by atoms with Crippen molar-refractivity contribution in [2.24, 2.45) is 5.73 Å². The molecule has 0 saturated heterocycles. The fourth-order valence-electron chi connectivity index (χ4n) is 2.12. The lowest BCUT2D eigenvalue weighted by Crippen LogP contribution is -2.30. The van der Waals surface area contributed by atoms with Gasteiger partial charge in [-0.3, -0.25) is 4.90 Å². The summed E-state index contributed by atoms with van der Waals surface area (Å²) in [5.74, 6) is -0.407. The minimum absolute atomic E-state index is 0.00627. The van der Waals surface area contributed by atoms with E-state index < -0.39 is 5.82 Å². The second kappa shape index (κ2) is 7.00. The molecule has 0 aliphatic rings. The minimum Gasteiger partial charge on any atom is -0.329 e. The highest BCUT2D eigenvalue weighted by atomic mass is 79.9. The summed E-state index contributed by atoms with van der Waals surface area (Å²) in [5.41, 5.74) is 8.01. The number of likely N-dealkylation sites (N-methyl/N-ethyl adjacent to an activating group) is 1. The van der Waals surface area contributed by atoms with E-state index in [0.717, 1.165) is 15.9 Å². The minimum atomic E-state index is -0.407. The molecule has 0 amide bonds. The summed E-state index contributed by atoms with van der Waals surface area (Å²) in [6, 6.07) is 6.86. The lowest BCUT2D eigenvalue weighted by Gasteiger charge is -2.27. The molecule has 6 heteroatoms. The maximum Gasteiger partial charge on any atom is 0.141 e. The van der Waals surface area contributed by atoms with Gasteiger partial charge >= 0.3 is 0 Å². The van der Waals surface area contributed by atoms with Crippen LogP contribution in [0, 0.1) is 5.82 Å². The predicted octanol–water partition coefficient (Wildman–Crippen LogP) is 4.43. The van der Waals surface area contributed by atoms with Crippen LogP contribution in [-0.4, -0.2) is 18.5 Å². The van der Waals surface area contributed by atoms with E-state index in [1.165, 1.54) is 11.6 Å². The van der Waals surface area contributed by atoms with Gasteiger partial charge in [0, 0.05) is 19.1 Å². The van der Waals surface area contributed by atoms with E-state index in [2.05, 4.69) is 32.3 Å². The van der Waals surface area contributed by atoms with Crippen molar-refractivity contribution in [2.45, 2.75) is 12.6 Å². The van der Waals surface area contributed by atoms with Crippen LogP contribution in [0.2, 0.25) is 5.02 Å². The number of rotatable bonds is 5. The van der Waals surface area contributed by atoms with Gasteiger partial charge in [0.1, 0.15) is 5.82 Å². The van der Waals surface area contributed by atoms with E-state index in [1.807, 2.05) is 7.05 Å². The smallest absolute Gasteiger partial charge is 0.141 e. The van der Waals surface area contributed by atoms with Crippen molar-refractivity contribution in [2.75, 3.05) is 13.6 Å². The zero-order valence-corrected chi connectivity index (χ0v) is 14.1. The largest absolute Gasteiger partial charge is 0.329 e. The Morgan fingerprint density at radius 3 is 2.75 bits per heavy atom. The van der Waals surface area contributed by atoms with E-state index in [1.54, 1.807) is 23.5 Å². The molecule has 0 bridgehead atoms. The summed E-state index contributed by atoms with van der Waals surface area (Å²) < 4.78 is 14.3. The summed E-state index contributed by atoms with van der Waals surface area (Å²) in [5, 5.41) is 2.24. The molecule has 1 heterocycles. The van der Waals surface area contributed by atoms with Crippen molar-refractivity contribution in [1.29, 1.82) is 0 Å². The third-order valence-electron chi connectivity index (χ3n) is 3.14. The first-order chi connectivity index (χ1) is 9.51. The van der Waals surface area contributed by atoms with Gasteiger partial charge in [0.25, 0.3) is 0 Å². The van der Waals surface area contributed by atoms with E-state index in [-0.39, 0.29) is 11.1 Å². The number of thiophene rings is 1. The van der Waals surface area contributed by atoms with Crippen LogP contribution < -0.4 is 5.73 Å². The Hall–Kier alpha value is -0.460. The van der Waals surface area contributed by atoms with Crippen LogP contribution in [-0.2, 0) is 6.54 Å². The Kier molecular flexibility index (Phi) is 5.57. The molecule has 1 unspecified atom stereocenters. The van der Waals surface area contributed by atoms with Crippen molar-refractivity contribution >= 4 is 38.9 Å². The van der Waals surface area contributed by atoms with Gasteiger partial charge in [0.2, 0.25) is 0 Å². The van der Waals surface area contributed by atoms with E-state index in [0.29, 0.717) is 6.54 Å². The van der Waals surface area contributed by atoms with E-state index in [4.69, 9.17) is 17.3 Å². The Balaban J connectivity index is 2.16. The van der Waals surface area contributed by atoms with Crippen molar-refractivity contribution in [1.82, 2.24) is 4.90 Å². The first-order valence-corrected chi connectivity index (χ1v) is 8.14. The number of hydrogen-bond donors (Lipinski definition) is 1. The van der Waals surface area contributed by atoms with Gasteiger partial charge in [0.15, 0.2) is 0 Å². The van der Waals surface area contributed by atoms with Gasteiger partial charge in [-0.2, -0.15) is 0 Å². The van der Waals surface area contributed by atoms with Crippen LogP contribution in [0.4, 0.5) is 4.39 Å².